The van der Waals surface area contributed by atoms with Crippen LogP contribution in [0.4, 0.5) is 5.69 Å². The zero-order valence-corrected chi connectivity index (χ0v) is 12.3. The molecule has 0 radical (unpaired) electrons. The van der Waals surface area contributed by atoms with E-state index < -0.39 is 23.0 Å². The van der Waals surface area contributed by atoms with E-state index in [1.807, 2.05) is 0 Å². The van der Waals surface area contributed by atoms with Crippen molar-refractivity contribution < 1.29 is 19.5 Å². The molecule has 1 aliphatic rings. The molecule has 106 valence electrons. The van der Waals surface area contributed by atoms with E-state index in [0.717, 1.165) is 16.7 Å². The highest BCUT2D eigenvalue weighted by Crippen LogP contribution is 2.33. The van der Waals surface area contributed by atoms with Crippen molar-refractivity contribution in [1.82, 2.24) is 0 Å². The van der Waals surface area contributed by atoms with Crippen molar-refractivity contribution in [3.8, 4) is 0 Å². The minimum Gasteiger partial charge on any atom is -0.549 e. The van der Waals surface area contributed by atoms with Gasteiger partial charge < -0.3 is 9.90 Å². The number of thioether (sulfide) groups is 1. The standard InChI is InChI=1S/C12H9Cl2NO4S/c13-7-2-1-6(3-8(7)14)15-10(16)4-9(12(15)19)20-5-11(17)18/h1-3,9H,4-5H2,(H,17,18)/p-1/t9-/m1/s1. The summed E-state index contributed by atoms with van der Waals surface area (Å²) in [6.45, 7) is 0. The molecule has 0 aliphatic carbocycles. The molecule has 1 saturated heterocycles. The summed E-state index contributed by atoms with van der Waals surface area (Å²) in [5.74, 6) is -2.47. The molecule has 2 amide bonds. The lowest BCUT2D eigenvalue weighted by Crippen LogP contribution is -2.32. The summed E-state index contributed by atoms with van der Waals surface area (Å²) >= 11 is 12.5. The molecule has 5 nitrogen and oxygen atoms in total. The summed E-state index contributed by atoms with van der Waals surface area (Å²) < 4.78 is 0. The molecule has 1 atom stereocenters. The van der Waals surface area contributed by atoms with Crippen LogP contribution in [-0.4, -0.2) is 28.8 Å². The highest BCUT2D eigenvalue weighted by atomic mass is 35.5. The average Bonchev–Trinajstić information content (AvgIpc) is 2.65. The van der Waals surface area contributed by atoms with Gasteiger partial charge >= 0.3 is 0 Å². The number of hydrogen-bond acceptors (Lipinski definition) is 5. The number of halogens is 2. The van der Waals surface area contributed by atoms with Crippen LogP contribution < -0.4 is 10.0 Å². The molecule has 8 heteroatoms. The van der Waals surface area contributed by atoms with Crippen molar-refractivity contribution in [2.24, 2.45) is 0 Å². The number of carboxylic acids is 1. The second-order valence-electron chi connectivity index (χ2n) is 4.04. The number of aliphatic carboxylic acids is 1. The lowest BCUT2D eigenvalue weighted by molar-refractivity contribution is -0.301. The third-order valence-electron chi connectivity index (χ3n) is 2.67. The van der Waals surface area contributed by atoms with Crippen LogP contribution in [0.3, 0.4) is 0 Å². The van der Waals surface area contributed by atoms with Crippen molar-refractivity contribution in [1.29, 1.82) is 0 Å². The van der Waals surface area contributed by atoms with Crippen molar-refractivity contribution >= 4 is 58.4 Å². The van der Waals surface area contributed by atoms with Gasteiger partial charge in [-0.05, 0) is 18.2 Å². The van der Waals surface area contributed by atoms with Crippen LogP contribution in [0.5, 0.6) is 0 Å². The van der Waals surface area contributed by atoms with Gasteiger partial charge in [-0.15, -0.1) is 11.8 Å². The Morgan fingerprint density at radius 2 is 2.05 bits per heavy atom. The van der Waals surface area contributed by atoms with Crippen molar-refractivity contribution in [3.63, 3.8) is 0 Å². The molecule has 20 heavy (non-hydrogen) atoms. The summed E-state index contributed by atoms with van der Waals surface area (Å²) in [5, 5.41) is 10.2. The number of carbonyl (C=O) groups excluding carboxylic acids is 3. The van der Waals surface area contributed by atoms with E-state index in [2.05, 4.69) is 0 Å². The Bertz CT molecular complexity index is 593. The highest BCUT2D eigenvalue weighted by molar-refractivity contribution is 8.01. The fourth-order valence-electron chi connectivity index (χ4n) is 1.80. The Morgan fingerprint density at radius 1 is 1.35 bits per heavy atom. The molecule has 0 spiro atoms. The smallest absolute Gasteiger partial charge is 0.247 e. The second kappa shape index (κ2) is 6.03. The van der Waals surface area contributed by atoms with Crippen LogP contribution in [0.1, 0.15) is 6.42 Å². The molecule has 0 unspecified atom stereocenters. The Labute approximate surface area is 128 Å². The van der Waals surface area contributed by atoms with Crippen molar-refractivity contribution in [3.05, 3.63) is 28.2 Å². The third kappa shape index (κ3) is 3.08. The first-order chi connectivity index (χ1) is 9.40. The van der Waals surface area contributed by atoms with Crippen LogP contribution >= 0.6 is 35.0 Å². The summed E-state index contributed by atoms with van der Waals surface area (Å²) in [4.78, 5) is 35.4. The maximum absolute atomic E-state index is 12.1. The van der Waals surface area contributed by atoms with Gasteiger partial charge in [-0.3, -0.25) is 9.59 Å². The normalized spacial score (nSPS) is 18.7. The third-order valence-corrected chi connectivity index (χ3v) is 4.58. The molecule has 1 fully saturated rings. The van der Waals surface area contributed by atoms with Crippen LogP contribution in [0.25, 0.3) is 0 Å². The Kier molecular flexibility index (Phi) is 4.57. The number of hydrogen-bond donors (Lipinski definition) is 0. The summed E-state index contributed by atoms with van der Waals surface area (Å²) in [5.41, 5.74) is 0.325. The van der Waals surface area contributed by atoms with E-state index in [0.29, 0.717) is 10.7 Å². The van der Waals surface area contributed by atoms with Crippen molar-refractivity contribution in [2.45, 2.75) is 11.7 Å². The van der Waals surface area contributed by atoms with Crippen LogP contribution in [-0.2, 0) is 14.4 Å². The molecule has 0 saturated carbocycles. The second-order valence-corrected chi connectivity index (χ2v) is 6.05. The van der Waals surface area contributed by atoms with E-state index in [-0.39, 0.29) is 17.2 Å². The summed E-state index contributed by atoms with van der Waals surface area (Å²) in [6, 6.07) is 4.42. The highest BCUT2D eigenvalue weighted by Gasteiger charge is 2.39. The number of rotatable bonds is 4. The molecule has 1 aliphatic heterocycles. The lowest BCUT2D eigenvalue weighted by Gasteiger charge is -2.15. The molecule has 2 rings (SSSR count). The molecule has 0 aromatic heterocycles. The quantitative estimate of drug-likeness (QED) is 0.772. The molecule has 0 N–H and O–H groups in total. The summed E-state index contributed by atoms with van der Waals surface area (Å²) in [6.07, 6.45) is -0.0446. The van der Waals surface area contributed by atoms with Gasteiger partial charge in [-0.25, -0.2) is 4.90 Å². The number of carbonyl (C=O) groups is 3. The Balaban J connectivity index is 2.20. The first kappa shape index (κ1) is 15.2. The van der Waals surface area contributed by atoms with E-state index in [1.54, 1.807) is 0 Å². The van der Waals surface area contributed by atoms with Crippen LogP contribution in [0.2, 0.25) is 10.0 Å². The van der Waals surface area contributed by atoms with E-state index >= 15 is 0 Å². The number of nitrogens with zero attached hydrogens (tertiary/aromatic N) is 1. The van der Waals surface area contributed by atoms with Gasteiger partial charge in [0.25, 0.3) is 0 Å². The van der Waals surface area contributed by atoms with Gasteiger partial charge in [0.05, 0.1) is 27.0 Å². The zero-order valence-electron chi connectivity index (χ0n) is 9.97. The Morgan fingerprint density at radius 3 is 2.65 bits per heavy atom. The molecular formula is C12H8Cl2NO4S-. The number of benzene rings is 1. The monoisotopic (exact) mass is 332 g/mol. The molecule has 1 aromatic carbocycles. The fraction of sp³-hybridized carbons (Fsp3) is 0.250. The molecular weight excluding hydrogens is 325 g/mol. The maximum atomic E-state index is 12.1. The average molecular weight is 333 g/mol. The van der Waals surface area contributed by atoms with E-state index in [1.165, 1.54) is 18.2 Å². The van der Waals surface area contributed by atoms with Gasteiger partial charge in [0.15, 0.2) is 0 Å². The Hall–Kier alpha value is -1.24. The van der Waals surface area contributed by atoms with Crippen LogP contribution in [0.15, 0.2) is 18.2 Å². The largest absolute Gasteiger partial charge is 0.549 e. The molecule has 0 bridgehead atoms. The minimum atomic E-state index is -1.27. The number of amides is 2. The molecule has 1 heterocycles. The van der Waals surface area contributed by atoms with Crippen LogP contribution in [0, 0.1) is 0 Å². The van der Waals surface area contributed by atoms with Gasteiger partial charge in [0.1, 0.15) is 0 Å². The minimum absolute atomic E-state index is 0.0446. The lowest BCUT2D eigenvalue weighted by atomic mass is 10.3. The fourth-order valence-corrected chi connectivity index (χ4v) is 2.94. The number of carboxylic acid groups (broad SMARTS) is 1. The number of anilines is 1. The predicted molar refractivity (Wildman–Crippen MR) is 74.8 cm³/mol. The van der Waals surface area contributed by atoms with Gasteiger partial charge in [-0.2, -0.15) is 0 Å². The van der Waals surface area contributed by atoms with Gasteiger partial charge in [-0.1, -0.05) is 23.2 Å². The topological polar surface area (TPSA) is 77.5 Å². The van der Waals surface area contributed by atoms with Gasteiger partial charge in [0, 0.05) is 12.2 Å². The number of imide groups is 1. The summed E-state index contributed by atoms with van der Waals surface area (Å²) in [7, 11) is 0. The van der Waals surface area contributed by atoms with E-state index in [4.69, 9.17) is 23.2 Å². The van der Waals surface area contributed by atoms with Gasteiger partial charge in [0.2, 0.25) is 11.8 Å². The first-order valence-corrected chi connectivity index (χ1v) is 7.34. The maximum Gasteiger partial charge on any atom is 0.247 e. The van der Waals surface area contributed by atoms with E-state index in [9.17, 15) is 19.5 Å². The zero-order chi connectivity index (χ0) is 14.9. The first-order valence-electron chi connectivity index (χ1n) is 5.53. The van der Waals surface area contributed by atoms with Crippen molar-refractivity contribution in [2.75, 3.05) is 10.7 Å². The predicted octanol–water partition coefficient (Wildman–Crippen LogP) is 1.11. The SMILES string of the molecule is O=C([O-])CS[C@@H]1CC(=O)N(c2ccc(Cl)c(Cl)c2)C1=O. The molecule has 1 aromatic rings.